The van der Waals surface area contributed by atoms with Gasteiger partial charge in [0.25, 0.3) is 0 Å². The van der Waals surface area contributed by atoms with Crippen molar-refractivity contribution >= 4 is 11.9 Å². The van der Waals surface area contributed by atoms with Crippen molar-refractivity contribution < 1.29 is 14.7 Å². The van der Waals surface area contributed by atoms with Crippen LogP contribution in [0.1, 0.15) is 34.1 Å². The highest BCUT2D eigenvalue weighted by atomic mass is 16.4. The van der Waals surface area contributed by atoms with Crippen LogP contribution >= 0.6 is 0 Å². The molecule has 0 aromatic carbocycles. The Bertz CT molecular complexity index is 228. The molecule has 0 saturated carbocycles. The van der Waals surface area contributed by atoms with Gasteiger partial charge < -0.3 is 10.4 Å². The second-order valence-electron chi connectivity index (χ2n) is 4.17. The number of rotatable bonds is 6. The lowest BCUT2D eigenvalue weighted by atomic mass is 9.95. The van der Waals surface area contributed by atoms with Crippen LogP contribution in [0.25, 0.3) is 0 Å². The third-order valence-electron chi connectivity index (χ3n) is 2.87. The molecule has 0 aliphatic heterocycles. The number of carboxylic acid groups (broad SMARTS) is 1. The minimum atomic E-state index is -0.929. The summed E-state index contributed by atoms with van der Waals surface area (Å²) in [7, 11) is 0. The van der Waals surface area contributed by atoms with Crippen LogP contribution in [0.5, 0.6) is 0 Å². The number of aliphatic carboxylic acids is 1. The second-order valence-corrected chi connectivity index (χ2v) is 4.17. The highest BCUT2D eigenvalue weighted by Crippen LogP contribution is 2.11. The first kappa shape index (κ1) is 13.9. The Balaban J connectivity index is 4.05. The van der Waals surface area contributed by atoms with Gasteiger partial charge in [-0.3, -0.25) is 9.59 Å². The van der Waals surface area contributed by atoms with Crippen molar-refractivity contribution in [3.63, 3.8) is 0 Å². The topological polar surface area (TPSA) is 66.4 Å². The van der Waals surface area contributed by atoms with E-state index in [4.69, 9.17) is 5.11 Å². The van der Waals surface area contributed by atoms with Crippen LogP contribution in [0.4, 0.5) is 0 Å². The van der Waals surface area contributed by atoms with Crippen LogP contribution in [0.15, 0.2) is 0 Å². The SMILES string of the molecule is CCC(C)CNC(=O)C(C)C(C)C(=O)O. The zero-order valence-electron chi connectivity index (χ0n) is 9.91. The van der Waals surface area contributed by atoms with E-state index in [-0.39, 0.29) is 5.91 Å². The predicted octanol–water partition coefficient (Wildman–Crippen LogP) is 1.51. The van der Waals surface area contributed by atoms with Gasteiger partial charge >= 0.3 is 5.97 Å². The normalized spacial score (nSPS) is 16.5. The number of carbonyl (C=O) groups is 2. The molecule has 3 atom stereocenters. The van der Waals surface area contributed by atoms with E-state index in [2.05, 4.69) is 12.2 Å². The molecule has 88 valence electrons. The molecule has 0 bridgehead atoms. The quantitative estimate of drug-likeness (QED) is 0.705. The van der Waals surface area contributed by atoms with Crippen LogP contribution in [0, 0.1) is 17.8 Å². The maximum absolute atomic E-state index is 11.5. The second kappa shape index (κ2) is 6.43. The van der Waals surface area contributed by atoms with Gasteiger partial charge in [0.05, 0.1) is 5.92 Å². The van der Waals surface area contributed by atoms with Crippen LogP contribution in [0.2, 0.25) is 0 Å². The minimum absolute atomic E-state index is 0.176. The molecule has 0 rings (SSSR count). The molecule has 0 aliphatic carbocycles. The van der Waals surface area contributed by atoms with Crippen LogP contribution < -0.4 is 5.32 Å². The van der Waals surface area contributed by atoms with Crippen molar-refractivity contribution in [3.05, 3.63) is 0 Å². The summed E-state index contributed by atoms with van der Waals surface area (Å²) in [6.45, 7) is 7.91. The molecule has 0 aromatic heterocycles. The van der Waals surface area contributed by atoms with E-state index < -0.39 is 17.8 Å². The average molecular weight is 215 g/mol. The van der Waals surface area contributed by atoms with E-state index in [1.54, 1.807) is 13.8 Å². The number of carbonyl (C=O) groups excluding carboxylic acids is 1. The Morgan fingerprint density at radius 1 is 1.20 bits per heavy atom. The van der Waals surface area contributed by atoms with Crippen molar-refractivity contribution in [1.82, 2.24) is 5.32 Å². The summed E-state index contributed by atoms with van der Waals surface area (Å²) in [4.78, 5) is 22.2. The van der Waals surface area contributed by atoms with E-state index in [9.17, 15) is 9.59 Å². The molecule has 0 aromatic rings. The van der Waals surface area contributed by atoms with Crippen molar-refractivity contribution in [2.24, 2.45) is 17.8 Å². The smallest absolute Gasteiger partial charge is 0.307 e. The van der Waals surface area contributed by atoms with Crippen LogP contribution in [0.3, 0.4) is 0 Å². The molecule has 0 spiro atoms. The number of nitrogens with one attached hydrogen (secondary N) is 1. The summed E-state index contributed by atoms with van der Waals surface area (Å²) in [5.74, 6) is -1.79. The van der Waals surface area contributed by atoms with Crippen molar-refractivity contribution in [2.45, 2.75) is 34.1 Å². The molecule has 0 fully saturated rings. The molecule has 0 aliphatic rings. The fourth-order valence-corrected chi connectivity index (χ4v) is 1.02. The van der Waals surface area contributed by atoms with Gasteiger partial charge in [0.2, 0.25) is 5.91 Å². The van der Waals surface area contributed by atoms with Gasteiger partial charge in [-0.2, -0.15) is 0 Å². The van der Waals surface area contributed by atoms with Gasteiger partial charge in [0.1, 0.15) is 0 Å². The summed E-state index contributed by atoms with van der Waals surface area (Å²) in [5, 5.41) is 11.5. The fraction of sp³-hybridized carbons (Fsp3) is 0.818. The summed E-state index contributed by atoms with van der Waals surface area (Å²) in [6.07, 6.45) is 1.00. The molecule has 3 unspecified atom stereocenters. The first-order valence-electron chi connectivity index (χ1n) is 5.40. The summed E-state index contributed by atoms with van der Waals surface area (Å²) < 4.78 is 0. The van der Waals surface area contributed by atoms with Gasteiger partial charge in [-0.15, -0.1) is 0 Å². The predicted molar refractivity (Wildman–Crippen MR) is 58.4 cm³/mol. The number of carboxylic acids is 1. The Morgan fingerprint density at radius 3 is 2.13 bits per heavy atom. The standard InChI is InChI=1S/C11H21NO3/c1-5-7(2)6-12-10(13)8(3)9(4)11(14)15/h7-9H,5-6H2,1-4H3,(H,12,13)(H,14,15). The first-order valence-corrected chi connectivity index (χ1v) is 5.40. The number of hydrogen-bond acceptors (Lipinski definition) is 2. The fourth-order valence-electron chi connectivity index (χ4n) is 1.02. The van der Waals surface area contributed by atoms with Crippen molar-refractivity contribution in [3.8, 4) is 0 Å². The summed E-state index contributed by atoms with van der Waals surface area (Å²) in [5.41, 5.74) is 0. The highest BCUT2D eigenvalue weighted by molar-refractivity contribution is 5.84. The Morgan fingerprint density at radius 2 is 1.73 bits per heavy atom. The van der Waals surface area contributed by atoms with Crippen molar-refractivity contribution in [1.29, 1.82) is 0 Å². The minimum Gasteiger partial charge on any atom is -0.481 e. The van der Waals surface area contributed by atoms with E-state index in [0.717, 1.165) is 6.42 Å². The summed E-state index contributed by atoms with van der Waals surface area (Å²) in [6, 6.07) is 0. The maximum atomic E-state index is 11.5. The third kappa shape index (κ3) is 4.81. The molecule has 1 amide bonds. The number of amides is 1. The van der Waals surface area contributed by atoms with Gasteiger partial charge in [-0.1, -0.05) is 34.1 Å². The van der Waals surface area contributed by atoms with E-state index >= 15 is 0 Å². The molecule has 0 heterocycles. The van der Waals surface area contributed by atoms with Gasteiger partial charge in [0, 0.05) is 12.5 Å². The molecule has 15 heavy (non-hydrogen) atoms. The lowest BCUT2D eigenvalue weighted by molar-refractivity contribution is -0.146. The van der Waals surface area contributed by atoms with Gasteiger partial charge in [-0.05, 0) is 5.92 Å². The van der Waals surface area contributed by atoms with Crippen molar-refractivity contribution in [2.75, 3.05) is 6.54 Å². The van der Waals surface area contributed by atoms with E-state index in [0.29, 0.717) is 12.5 Å². The molecule has 2 N–H and O–H groups in total. The zero-order valence-corrected chi connectivity index (χ0v) is 9.91. The summed E-state index contributed by atoms with van der Waals surface area (Å²) >= 11 is 0. The maximum Gasteiger partial charge on any atom is 0.307 e. The van der Waals surface area contributed by atoms with Crippen LogP contribution in [-0.2, 0) is 9.59 Å². The van der Waals surface area contributed by atoms with Gasteiger partial charge in [0.15, 0.2) is 0 Å². The molecule has 0 saturated heterocycles. The van der Waals surface area contributed by atoms with E-state index in [1.807, 2.05) is 6.92 Å². The number of hydrogen-bond donors (Lipinski definition) is 2. The third-order valence-corrected chi connectivity index (χ3v) is 2.87. The Hall–Kier alpha value is -1.06. The monoisotopic (exact) mass is 215 g/mol. The first-order chi connectivity index (χ1) is 6.90. The highest BCUT2D eigenvalue weighted by Gasteiger charge is 2.25. The Labute approximate surface area is 91.1 Å². The van der Waals surface area contributed by atoms with E-state index in [1.165, 1.54) is 0 Å². The van der Waals surface area contributed by atoms with Gasteiger partial charge in [-0.25, -0.2) is 0 Å². The Kier molecular flexibility index (Phi) is 5.97. The molecular formula is C11H21NO3. The average Bonchev–Trinajstić information content (AvgIpc) is 2.22. The largest absolute Gasteiger partial charge is 0.481 e. The molecule has 4 heteroatoms. The molecule has 4 nitrogen and oxygen atoms in total. The van der Waals surface area contributed by atoms with Crippen LogP contribution in [-0.4, -0.2) is 23.5 Å². The molecular weight excluding hydrogens is 194 g/mol. The lowest BCUT2D eigenvalue weighted by Gasteiger charge is -2.17. The zero-order chi connectivity index (χ0) is 12.0. The molecule has 0 radical (unpaired) electrons. The lowest BCUT2D eigenvalue weighted by Crippen LogP contribution is -2.37.